The maximum absolute atomic E-state index is 12.6. The number of rotatable bonds is 6. The summed E-state index contributed by atoms with van der Waals surface area (Å²) in [5.74, 6) is -3.28. The molecule has 2 aliphatic heterocycles. The largest absolute Gasteiger partial charge is 0.481 e. The van der Waals surface area contributed by atoms with Gasteiger partial charge in [-0.1, -0.05) is 29.8 Å². The number of benzene rings is 2. The average molecular weight is 428 g/mol. The van der Waals surface area contributed by atoms with Gasteiger partial charge in [0.1, 0.15) is 5.92 Å². The Labute approximate surface area is 173 Å². The van der Waals surface area contributed by atoms with E-state index in [0.717, 1.165) is 5.56 Å². The summed E-state index contributed by atoms with van der Waals surface area (Å²) in [6.07, 6.45) is 2.22. The zero-order valence-corrected chi connectivity index (χ0v) is 16.8. The first-order chi connectivity index (χ1) is 14.2. The van der Waals surface area contributed by atoms with E-state index in [0.29, 0.717) is 11.4 Å². The molecular formula is C21H20N2O6S. The van der Waals surface area contributed by atoms with Gasteiger partial charge in [0.25, 0.3) is 10.0 Å². The molecule has 0 radical (unpaired) electrons. The second kappa shape index (κ2) is 7.58. The van der Waals surface area contributed by atoms with Gasteiger partial charge >= 0.3 is 5.97 Å². The van der Waals surface area contributed by atoms with E-state index in [4.69, 9.17) is 4.74 Å². The quantitative estimate of drug-likeness (QED) is 0.608. The van der Waals surface area contributed by atoms with E-state index in [1.54, 1.807) is 36.4 Å². The number of carbonyl (C=O) groups is 2. The maximum Gasteiger partial charge on any atom is 0.310 e. The smallest absolute Gasteiger partial charge is 0.310 e. The molecule has 2 bridgehead atoms. The fourth-order valence-corrected chi connectivity index (χ4v) is 4.75. The topological polar surface area (TPSA) is 122 Å². The van der Waals surface area contributed by atoms with Crippen molar-refractivity contribution in [1.82, 2.24) is 0 Å². The Morgan fingerprint density at radius 1 is 0.900 bits per heavy atom. The summed E-state index contributed by atoms with van der Waals surface area (Å²) in [5, 5.41) is 12.1. The van der Waals surface area contributed by atoms with Crippen molar-refractivity contribution in [2.24, 2.45) is 11.8 Å². The molecule has 2 aromatic rings. The van der Waals surface area contributed by atoms with E-state index in [-0.39, 0.29) is 4.90 Å². The number of anilines is 2. The molecule has 156 valence electrons. The molecule has 0 spiro atoms. The number of ether oxygens (including phenoxy) is 1. The summed E-state index contributed by atoms with van der Waals surface area (Å²) in [7, 11) is -3.73. The standard InChI is InChI=1S/C21H20N2O6S/c1-12-2-8-15(9-3-12)30(27,28)23-14-6-4-13(5-7-14)22-20(24)18-16-10-11-17(29-16)19(18)21(25)26/h2-11,16-19,23H,1H3,(H,22,24)(H,25,26)/t16-,17-,18-,19-/m1/s1. The Morgan fingerprint density at radius 3 is 2.07 bits per heavy atom. The summed E-state index contributed by atoms with van der Waals surface area (Å²) in [5.41, 5.74) is 1.72. The normalized spacial score (nSPS) is 24.6. The van der Waals surface area contributed by atoms with Crippen LogP contribution in [0.25, 0.3) is 0 Å². The van der Waals surface area contributed by atoms with Gasteiger partial charge in [-0.2, -0.15) is 0 Å². The molecule has 2 aromatic carbocycles. The molecule has 9 heteroatoms. The molecule has 0 aromatic heterocycles. The zero-order chi connectivity index (χ0) is 21.5. The third-order valence-corrected chi connectivity index (χ3v) is 6.62. The Kier molecular flexibility index (Phi) is 5.08. The predicted octanol–water partition coefficient (Wildman–Crippen LogP) is 2.39. The van der Waals surface area contributed by atoms with Gasteiger partial charge in [0.15, 0.2) is 0 Å². The van der Waals surface area contributed by atoms with Crippen molar-refractivity contribution >= 4 is 33.3 Å². The monoisotopic (exact) mass is 428 g/mol. The number of aryl methyl sites for hydroxylation is 1. The summed E-state index contributed by atoms with van der Waals surface area (Å²) < 4.78 is 32.9. The number of aliphatic carboxylic acids is 1. The van der Waals surface area contributed by atoms with Gasteiger partial charge in [-0.3, -0.25) is 14.3 Å². The second-order valence-electron chi connectivity index (χ2n) is 7.33. The van der Waals surface area contributed by atoms with Crippen LogP contribution in [0.1, 0.15) is 5.56 Å². The molecule has 8 nitrogen and oxygen atoms in total. The third kappa shape index (κ3) is 3.81. The predicted molar refractivity (Wildman–Crippen MR) is 109 cm³/mol. The van der Waals surface area contributed by atoms with E-state index in [2.05, 4.69) is 10.0 Å². The third-order valence-electron chi connectivity index (χ3n) is 5.22. The summed E-state index contributed by atoms with van der Waals surface area (Å²) in [6.45, 7) is 1.87. The molecule has 3 N–H and O–H groups in total. The maximum atomic E-state index is 12.6. The Hall–Kier alpha value is -3.17. The fraction of sp³-hybridized carbons (Fsp3) is 0.238. The first kappa shape index (κ1) is 20.1. The van der Waals surface area contributed by atoms with Gasteiger partial charge in [-0.15, -0.1) is 0 Å². The van der Waals surface area contributed by atoms with E-state index in [1.807, 2.05) is 6.92 Å². The van der Waals surface area contributed by atoms with Crippen LogP contribution in [0.3, 0.4) is 0 Å². The van der Waals surface area contributed by atoms with Crippen LogP contribution in [0, 0.1) is 18.8 Å². The molecule has 1 fully saturated rings. The molecule has 1 amide bonds. The van der Waals surface area contributed by atoms with Gasteiger partial charge in [0, 0.05) is 11.4 Å². The van der Waals surface area contributed by atoms with Gasteiger partial charge in [0.2, 0.25) is 5.91 Å². The van der Waals surface area contributed by atoms with Crippen molar-refractivity contribution in [3.63, 3.8) is 0 Å². The van der Waals surface area contributed by atoms with Crippen LogP contribution in [0.15, 0.2) is 65.6 Å². The molecule has 0 aliphatic carbocycles. The number of carboxylic acids is 1. The summed E-state index contributed by atoms with van der Waals surface area (Å²) in [4.78, 5) is 24.3. The molecule has 1 saturated heterocycles. The summed E-state index contributed by atoms with van der Waals surface area (Å²) >= 11 is 0. The molecule has 4 atom stereocenters. The molecule has 2 aliphatic rings. The van der Waals surface area contributed by atoms with E-state index in [1.165, 1.54) is 24.3 Å². The van der Waals surface area contributed by atoms with Crippen molar-refractivity contribution in [2.75, 3.05) is 10.0 Å². The lowest BCUT2D eigenvalue weighted by molar-refractivity contribution is -0.145. The van der Waals surface area contributed by atoms with Gasteiger partial charge in [-0.05, 0) is 43.3 Å². The van der Waals surface area contributed by atoms with E-state index < -0.39 is 45.9 Å². The van der Waals surface area contributed by atoms with E-state index >= 15 is 0 Å². The number of nitrogens with one attached hydrogen (secondary N) is 2. The molecule has 0 unspecified atom stereocenters. The van der Waals surface area contributed by atoms with Crippen LogP contribution < -0.4 is 10.0 Å². The highest BCUT2D eigenvalue weighted by atomic mass is 32.2. The SMILES string of the molecule is Cc1ccc(S(=O)(=O)Nc2ccc(NC(=O)[C@H]3[C@H](C(=O)O)[C@H]4C=C[C@H]3O4)cc2)cc1. The highest BCUT2D eigenvalue weighted by Gasteiger charge is 2.53. The lowest BCUT2D eigenvalue weighted by Crippen LogP contribution is -2.39. The Morgan fingerprint density at radius 2 is 1.47 bits per heavy atom. The lowest BCUT2D eigenvalue weighted by Gasteiger charge is -2.21. The number of carbonyl (C=O) groups excluding carboxylic acids is 1. The molecule has 4 rings (SSSR count). The lowest BCUT2D eigenvalue weighted by atomic mass is 9.82. The van der Waals surface area contributed by atoms with Gasteiger partial charge in [0.05, 0.1) is 23.0 Å². The number of hydrogen-bond acceptors (Lipinski definition) is 5. The van der Waals surface area contributed by atoms with Crippen LogP contribution in [0.2, 0.25) is 0 Å². The van der Waals surface area contributed by atoms with Crippen LogP contribution in [-0.4, -0.2) is 37.6 Å². The van der Waals surface area contributed by atoms with Gasteiger partial charge < -0.3 is 15.2 Å². The number of hydrogen-bond donors (Lipinski definition) is 3. The molecule has 0 saturated carbocycles. The fourth-order valence-electron chi connectivity index (χ4n) is 3.69. The van der Waals surface area contributed by atoms with Crippen LogP contribution in [0.5, 0.6) is 0 Å². The molecular weight excluding hydrogens is 408 g/mol. The number of amides is 1. The van der Waals surface area contributed by atoms with Crippen molar-refractivity contribution in [2.45, 2.75) is 24.0 Å². The van der Waals surface area contributed by atoms with Crippen molar-refractivity contribution in [3.8, 4) is 0 Å². The van der Waals surface area contributed by atoms with Crippen LogP contribution >= 0.6 is 0 Å². The Bertz CT molecular complexity index is 1110. The number of carboxylic acid groups (broad SMARTS) is 1. The van der Waals surface area contributed by atoms with E-state index in [9.17, 15) is 23.1 Å². The first-order valence-electron chi connectivity index (χ1n) is 9.31. The Balaban J connectivity index is 1.44. The van der Waals surface area contributed by atoms with Crippen molar-refractivity contribution < 1.29 is 27.9 Å². The van der Waals surface area contributed by atoms with Crippen molar-refractivity contribution in [1.29, 1.82) is 0 Å². The molecule has 2 heterocycles. The van der Waals surface area contributed by atoms with Gasteiger partial charge in [-0.25, -0.2) is 8.42 Å². The van der Waals surface area contributed by atoms with Crippen LogP contribution in [-0.2, 0) is 24.3 Å². The highest BCUT2D eigenvalue weighted by molar-refractivity contribution is 7.92. The first-order valence-corrected chi connectivity index (χ1v) is 10.8. The number of sulfonamides is 1. The minimum absolute atomic E-state index is 0.148. The minimum Gasteiger partial charge on any atom is -0.481 e. The molecule has 30 heavy (non-hydrogen) atoms. The van der Waals surface area contributed by atoms with Crippen LogP contribution in [0.4, 0.5) is 11.4 Å². The average Bonchev–Trinajstić information content (AvgIpc) is 3.31. The second-order valence-corrected chi connectivity index (χ2v) is 9.01. The number of fused-ring (bicyclic) bond motifs is 2. The zero-order valence-electron chi connectivity index (χ0n) is 16.0. The summed E-state index contributed by atoms with van der Waals surface area (Å²) in [6, 6.07) is 12.6. The minimum atomic E-state index is -3.73. The highest BCUT2D eigenvalue weighted by Crippen LogP contribution is 2.39. The van der Waals surface area contributed by atoms with Crippen molar-refractivity contribution in [3.05, 3.63) is 66.2 Å².